The first-order chi connectivity index (χ1) is 7.29. The van der Waals surface area contributed by atoms with Crippen LogP contribution in [0.5, 0.6) is 0 Å². The molecule has 0 aliphatic rings. The minimum Gasteiger partial charge on any atom is -0.309 e. The van der Waals surface area contributed by atoms with Gasteiger partial charge in [-0.2, -0.15) is 0 Å². The molecule has 1 nitrogen and oxygen atoms in total. The molecular formula is C13H16FN. The van der Waals surface area contributed by atoms with Crippen LogP contribution in [0.4, 0.5) is 4.39 Å². The smallest absolute Gasteiger partial charge is 0.128 e. The molecule has 1 aromatic rings. The second kappa shape index (κ2) is 6.21. The molecule has 0 fully saturated rings. The highest BCUT2D eigenvalue weighted by Gasteiger charge is 2.12. The Morgan fingerprint density at radius 2 is 2.20 bits per heavy atom. The second-order valence-corrected chi connectivity index (χ2v) is 3.44. The summed E-state index contributed by atoms with van der Waals surface area (Å²) in [4.78, 5) is 0. The summed E-state index contributed by atoms with van der Waals surface area (Å²) in [6.45, 7) is 2.92. The Kier molecular flexibility index (Phi) is 4.86. The van der Waals surface area contributed by atoms with Gasteiger partial charge in [0.15, 0.2) is 0 Å². The van der Waals surface area contributed by atoms with E-state index in [2.05, 4.69) is 18.2 Å². The summed E-state index contributed by atoms with van der Waals surface area (Å²) in [5.41, 5.74) is 0.656. The lowest BCUT2D eigenvalue weighted by Gasteiger charge is -2.16. The van der Waals surface area contributed by atoms with Gasteiger partial charge in [-0.15, -0.1) is 12.3 Å². The normalized spacial score (nSPS) is 12.1. The number of nitrogens with one attached hydrogen (secondary N) is 1. The molecule has 0 aromatic heterocycles. The zero-order chi connectivity index (χ0) is 11.1. The molecular weight excluding hydrogens is 189 g/mol. The highest BCUT2D eigenvalue weighted by Crippen LogP contribution is 2.19. The van der Waals surface area contributed by atoms with Crippen LogP contribution in [0.1, 0.15) is 31.4 Å². The fraction of sp³-hybridized carbons (Fsp3) is 0.385. The summed E-state index contributed by atoms with van der Waals surface area (Å²) in [7, 11) is 0. The SMILES string of the molecule is C#CCC(NCCC)c1ccccc1F. The number of benzene rings is 1. The summed E-state index contributed by atoms with van der Waals surface area (Å²) in [5, 5.41) is 3.24. The van der Waals surface area contributed by atoms with E-state index in [9.17, 15) is 4.39 Å². The van der Waals surface area contributed by atoms with Crippen molar-refractivity contribution in [1.82, 2.24) is 5.32 Å². The standard InChI is InChI=1S/C13H16FN/c1-3-7-13(15-10-4-2)11-8-5-6-9-12(11)14/h1,5-6,8-9,13,15H,4,7,10H2,2H3. The van der Waals surface area contributed by atoms with Gasteiger partial charge in [0.1, 0.15) is 5.82 Å². The summed E-state index contributed by atoms with van der Waals surface area (Å²) in [5.74, 6) is 2.38. The van der Waals surface area contributed by atoms with Crippen molar-refractivity contribution in [1.29, 1.82) is 0 Å². The van der Waals surface area contributed by atoms with Crippen LogP contribution in [0.3, 0.4) is 0 Å². The third kappa shape index (κ3) is 3.38. The van der Waals surface area contributed by atoms with E-state index in [0.29, 0.717) is 12.0 Å². The van der Waals surface area contributed by atoms with Gasteiger partial charge in [0.2, 0.25) is 0 Å². The van der Waals surface area contributed by atoms with Gasteiger partial charge in [0.05, 0.1) is 0 Å². The molecule has 0 saturated carbocycles. The predicted molar refractivity (Wildman–Crippen MR) is 60.9 cm³/mol. The molecule has 0 heterocycles. The maximum atomic E-state index is 13.5. The van der Waals surface area contributed by atoms with Crippen molar-refractivity contribution < 1.29 is 4.39 Å². The molecule has 1 atom stereocenters. The van der Waals surface area contributed by atoms with E-state index in [0.717, 1.165) is 13.0 Å². The van der Waals surface area contributed by atoms with E-state index in [1.165, 1.54) is 6.07 Å². The molecule has 1 rings (SSSR count). The van der Waals surface area contributed by atoms with Crippen molar-refractivity contribution in [3.05, 3.63) is 35.6 Å². The minimum atomic E-state index is -0.193. The topological polar surface area (TPSA) is 12.0 Å². The van der Waals surface area contributed by atoms with E-state index < -0.39 is 0 Å². The number of halogens is 1. The first kappa shape index (κ1) is 11.7. The van der Waals surface area contributed by atoms with Crippen LogP contribution < -0.4 is 5.32 Å². The summed E-state index contributed by atoms with van der Waals surface area (Å²) < 4.78 is 13.5. The van der Waals surface area contributed by atoms with Crippen LogP contribution >= 0.6 is 0 Å². The van der Waals surface area contributed by atoms with Crippen molar-refractivity contribution in [2.45, 2.75) is 25.8 Å². The minimum absolute atomic E-state index is 0.0730. The van der Waals surface area contributed by atoms with Crippen molar-refractivity contribution in [2.75, 3.05) is 6.54 Å². The Morgan fingerprint density at radius 3 is 2.80 bits per heavy atom. The Labute approximate surface area is 90.7 Å². The molecule has 1 aromatic carbocycles. The molecule has 0 saturated heterocycles. The highest BCUT2D eigenvalue weighted by atomic mass is 19.1. The third-order valence-electron chi connectivity index (χ3n) is 2.24. The second-order valence-electron chi connectivity index (χ2n) is 3.44. The molecule has 15 heavy (non-hydrogen) atoms. The fourth-order valence-electron chi connectivity index (χ4n) is 1.49. The monoisotopic (exact) mass is 205 g/mol. The van der Waals surface area contributed by atoms with E-state index in [1.54, 1.807) is 12.1 Å². The van der Waals surface area contributed by atoms with E-state index >= 15 is 0 Å². The van der Waals surface area contributed by atoms with E-state index in [1.807, 2.05) is 6.07 Å². The first-order valence-corrected chi connectivity index (χ1v) is 5.20. The zero-order valence-electron chi connectivity index (χ0n) is 8.96. The highest BCUT2D eigenvalue weighted by molar-refractivity contribution is 5.22. The predicted octanol–water partition coefficient (Wildman–Crippen LogP) is 2.89. The summed E-state index contributed by atoms with van der Waals surface area (Å²) in [6.07, 6.45) is 6.80. The molecule has 0 spiro atoms. The molecule has 80 valence electrons. The van der Waals surface area contributed by atoms with Gasteiger partial charge in [0.25, 0.3) is 0 Å². The number of hydrogen-bond acceptors (Lipinski definition) is 1. The van der Waals surface area contributed by atoms with Gasteiger partial charge >= 0.3 is 0 Å². The maximum Gasteiger partial charge on any atom is 0.128 e. The summed E-state index contributed by atoms with van der Waals surface area (Å²) >= 11 is 0. The van der Waals surface area contributed by atoms with Crippen molar-refractivity contribution in [3.63, 3.8) is 0 Å². The molecule has 0 bridgehead atoms. The zero-order valence-corrected chi connectivity index (χ0v) is 8.96. The Hall–Kier alpha value is -1.33. The number of terminal acetylenes is 1. The van der Waals surface area contributed by atoms with Crippen LogP contribution in [0.2, 0.25) is 0 Å². The van der Waals surface area contributed by atoms with Crippen molar-refractivity contribution in [2.24, 2.45) is 0 Å². The molecule has 0 aliphatic heterocycles. The maximum absolute atomic E-state index is 13.5. The molecule has 1 unspecified atom stereocenters. The van der Waals surface area contributed by atoms with Crippen molar-refractivity contribution in [3.8, 4) is 12.3 Å². The molecule has 1 N–H and O–H groups in total. The lowest BCUT2D eigenvalue weighted by molar-refractivity contribution is 0.507. The van der Waals surface area contributed by atoms with Gasteiger partial charge in [0, 0.05) is 18.0 Å². The lowest BCUT2D eigenvalue weighted by Crippen LogP contribution is -2.22. The summed E-state index contributed by atoms with van der Waals surface area (Å²) in [6, 6.07) is 6.68. The average molecular weight is 205 g/mol. The first-order valence-electron chi connectivity index (χ1n) is 5.20. The molecule has 2 heteroatoms. The molecule has 0 radical (unpaired) electrons. The van der Waals surface area contributed by atoms with Crippen LogP contribution in [0.15, 0.2) is 24.3 Å². The lowest BCUT2D eigenvalue weighted by atomic mass is 10.0. The van der Waals surface area contributed by atoms with E-state index in [4.69, 9.17) is 6.42 Å². The Morgan fingerprint density at radius 1 is 1.47 bits per heavy atom. The largest absolute Gasteiger partial charge is 0.309 e. The number of rotatable bonds is 5. The fourth-order valence-corrected chi connectivity index (χ4v) is 1.49. The van der Waals surface area contributed by atoms with Crippen LogP contribution in [0.25, 0.3) is 0 Å². The quantitative estimate of drug-likeness (QED) is 0.729. The average Bonchev–Trinajstić information content (AvgIpc) is 2.25. The Bertz CT molecular complexity index is 341. The van der Waals surface area contributed by atoms with Gasteiger partial charge < -0.3 is 5.32 Å². The van der Waals surface area contributed by atoms with Crippen LogP contribution in [-0.2, 0) is 0 Å². The van der Waals surface area contributed by atoms with Gasteiger partial charge in [-0.1, -0.05) is 25.1 Å². The third-order valence-corrected chi connectivity index (χ3v) is 2.24. The Balaban J connectivity index is 2.79. The van der Waals surface area contributed by atoms with Gasteiger partial charge in [-0.05, 0) is 19.0 Å². The van der Waals surface area contributed by atoms with Gasteiger partial charge in [-0.25, -0.2) is 4.39 Å². The van der Waals surface area contributed by atoms with Crippen molar-refractivity contribution >= 4 is 0 Å². The molecule has 0 amide bonds. The molecule has 0 aliphatic carbocycles. The van der Waals surface area contributed by atoms with Gasteiger partial charge in [-0.3, -0.25) is 0 Å². The van der Waals surface area contributed by atoms with E-state index in [-0.39, 0.29) is 11.9 Å². The number of hydrogen-bond donors (Lipinski definition) is 1. The van der Waals surface area contributed by atoms with Crippen LogP contribution in [0, 0.1) is 18.2 Å². The van der Waals surface area contributed by atoms with Crippen LogP contribution in [-0.4, -0.2) is 6.54 Å².